The Hall–Kier alpha value is -3.22. The average molecular weight is 424 g/mol. The Labute approximate surface area is 176 Å². The third-order valence-electron chi connectivity index (χ3n) is 4.32. The van der Waals surface area contributed by atoms with E-state index in [4.69, 9.17) is 28.2 Å². The first-order chi connectivity index (χ1) is 14.0. The molecule has 2 heterocycles. The van der Waals surface area contributed by atoms with Crippen LogP contribution in [0.15, 0.2) is 67.8 Å². The lowest BCUT2D eigenvalue weighted by molar-refractivity contribution is -0.111. The number of rotatable bonds is 5. The molecule has 2 aromatic heterocycles. The SMILES string of the molecule is C=CC(=O)Nc1ccc2ncn(-c3cncc(Cc4cccc(Cl)c4Cl)n3)c2c1. The second kappa shape index (κ2) is 8.03. The topological polar surface area (TPSA) is 72.7 Å². The van der Waals surface area contributed by atoms with Gasteiger partial charge >= 0.3 is 0 Å². The van der Waals surface area contributed by atoms with E-state index in [2.05, 4.69) is 21.9 Å². The van der Waals surface area contributed by atoms with E-state index in [-0.39, 0.29) is 5.91 Å². The van der Waals surface area contributed by atoms with Gasteiger partial charge in [-0.1, -0.05) is 41.9 Å². The first-order valence-corrected chi connectivity index (χ1v) is 9.45. The van der Waals surface area contributed by atoms with Crippen molar-refractivity contribution in [2.75, 3.05) is 5.32 Å². The molecule has 0 unspecified atom stereocenters. The summed E-state index contributed by atoms with van der Waals surface area (Å²) in [5, 5.41) is 3.76. The molecule has 0 aliphatic heterocycles. The van der Waals surface area contributed by atoms with Gasteiger partial charge in [-0.3, -0.25) is 14.3 Å². The summed E-state index contributed by atoms with van der Waals surface area (Å²) in [6, 6.07) is 10.9. The minimum absolute atomic E-state index is 0.282. The summed E-state index contributed by atoms with van der Waals surface area (Å²) in [5.74, 6) is 0.325. The van der Waals surface area contributed by atoms with Crippen molar-refractivity contribution < 1.29 is 4.79 Å². The molecule has 0 aliphatic carbocycles. The summed E-state index contributed by atoms with van der Waals surface area (Å²) in [6.07, 6.45) is 6.73. The molecule has 0 atom stereocenters. The van der Waals surface area contributed by atoms with E-state index in [9.17, 15) is 4.79 Å². The van der Waals surface area contributed by atoms with Gasteiger partial charge in [-0.05, 0) is 35.9 Å². The minimum atomic E-state index is -0.282. The molecule has 0 aliphatic rings. The van der Waals surface area contributed by atoms with Crippen LogP contribution in [-0.4, -0.2) is 25.4 Å². The molecule has 29 heavy (non-hydrogen) atoms. The van der Waals surface area contributed by atoms with Crippen molar-refractivity contribution in [3.05, 3.63) is 89.1 Å². The monoisotopic (exact) mass is 423 g/mol. The number of aromatic nitrogens is 4. The van der Waals surface area contributed by atoms with Gasteiger partial charge in [-0.2, -0.15) is 0 Å². The van der Waals surface area contributed by atoms with Crippen LogP contribution in [0.4, 0.5) is 5.69 Å². The highest BCUT2D eigenvalue weighted by Crippen LogP contribution is 2.27. The van der Waals surface area contributed by atoms with Gasteiger partial charge in [0.25, 0.3) is 0 Å². The number of hydrogen-bond acceptors (Lipinski definition) is 4. The number of anilines is 1. The van der Waals surface area contributed by atoms with Crippen molar-refractivity contribution in [2.45, 2.75) is 6.42 Å². The summed E-state index contributed by atoms with van der Waals surface area (Å²) in [5.41, 5.74) is 3.81. The zero-order chi connectivity index (χ0) is 20.4. The number of nitrogens with one attached hydrogen (secondary N) is 1. The Morgan fingerprint density at radius 3 is 2.90 bits per heavy atom. The number of benzene rings is 2. The molecule has 0 fully saturated rings. The number of hydrogen-bond donors (Lipinski definition) is 1. The van der Waals surface area contributed by atoms with E-state index in [0.29, 0.717) is 28.0 Å². The Morgan fingerprint density at radius 1 is 1.21 bits per heavy atom. The van der Waals surface area contributed by atoms with Crippen LogP contribution in [0.1, 0.15) is 11.3 Å². The smallest absolute Gasteiger partial charge is 0.247 e. The number of fused-ring (bicyclic) bond motifs is 1. The van der Waals surface area contributed by atoms with E-state index in [1.807, 2.05) is 28.8 Å². The minimum Gasteiger partial charge on any atom is -0.322 e. The van der Waals surface area contributed by atoms with Crippen LogP contribution >= 0.6 is 23.2 Å². The van der Waals surface area contributed by atoms with E-state index < -0.39 is 0 Å². The van der Waals surface area contributed by atoms with Crippen molar-refractivity contribution in [2.24, 2.45) is 0 Å². The molecule has 0 spiro atoms. The van der Waals surface area contributed by atoms with E-state index in [0.717, 1.165) is 22.3 Å². The summed E-state index contributed by atoms with van der Waals surface area (Å²) in [6.45, 7) is 3.46. The van der Waals surface area contributed by atoms with E-state index >= 15 is 0 Å². The summed E-state index contributed by atoms with van der Waals surface area (Å²) < 4.78 is 1.81. The summed E-state index contributed by atoms with van der Waals surface area (Å²) >= 11 is 12.4. The van der Waals surface area contributed by atoms with Crippen molar-refractivity contribution in [1.29, 1.82) is 0 Å². The fourth-order valence-corrected chi connectivity index (χ4v) is 3.32. The molecule has 1 amide bonds. The maximum atomic E-state index is 11.6. The van der Waals surface area contributed by atoms with Gasteiger partial charge < -0.3 is 5.32 Å². The van der Waals surface area contributed by atoms with Crippen LogP contribution in [0.3, 0.4) is 0 Å². The maximum absolute atomic E-state index is 11.6. The summed E-state index contributed by atoms with van der Waals surface area (Å²) in [4.78, 5) is 25.0. The molecule has 4 rings (SSSR count). The van der Waals surface area contributed by atoms with Gasteiger partial charge in [-0.25, -0.2) is 9.97 Å². The predicted octanol–water partition coefficient (Wildman–Crippen LogP) is 4.84. The molecular formula is C21H15Cl2N5O. The lowest BCUT2D eigenvalue weighted by Crippen LogP contribution is -2.07. The van der Waals surface area contributed by atoms with Crippen LogP contribution in [-0.2, 0) is 11.2 Å². The number of nitrogens with zero attached hydrogens (tertiary/aromatic N) is 4. The van der Waals surface area contributed by atoms with Crippen molar-refractivity contribution >= 4 is 45.8 Å². The average Bonchev–Trinajstić information content (AvgIpc) is 3.15. The normalized spacial score (nSPS) is 10.8. The van der Waals surface area contributed by atoms with Crippen LogP contribution in [0.25, 0.3) is 16.9 Å². The highest BCUT2D eigenvalue weighted by Gasteiger charge is 2.11. The Morgan fingerprint density at radius 2 is 2.07 bits per heavy atom. The van der Waals surface area contributed by atoms with Gasteiger partial charge in [0.15, 0.2) is 5.82 Å². The van der Waals surface area contributed by atoms with E-state index in [1.165, 1.54) is 6.08 Å². The maximum Gasteiger partial charge on any atom is 0.247 e. The summed E-state index contributed by atoms with van der Waals surface area (Å²) in [7, 11) is 0. The van der Waals surface area contributed by atoms with Crippen LogP contribution in [0.2, 0.25) is 10.0 Å². The number of carbonyl (C=O) groups is 1. The third kappa shape index (κ3) is 3.99. The van der Waals surface area contributed by atoms with Crippen LogP contribution < -0.4 is 5.32 Å². The van der Waals surface area contributed by atoms with Gasteiger partial charge in [0, 0.05) is 18.3 Å². The fourth-order valence-electron chi connectivity index (χ4n) is 2.94. The largest absolute Gasteiger partial charge is 0.322 e. The first-order valence-electron chi connectivity index (χ1n) is 8.70. The van der Waals surface area contributed by atoms with Crippen molar-refractivity contribution in [1.82, 2.24) is 19.5 Å². The second-order valence-corrected chi connectivity index (χ2v) is 7.05. The highest BCUT2D eigenvalue weighted by atomic mass is 35.5. The van der Waals surface area contributed by atoms with Crippen LogP contribution in [0.5, 0.6) is 0 Å². The first kappa shape index (κ1) is 19.1. The molecular weight excluding hydrogens is 409 g/mol. The Kier molecular flexibility index (Phi) is 5.29. The van der Waals surface area contributed by atoms with Crippen molar-refractivity contribution in [3.63, 3.8) is 0 Å². The molecule has 6 nitrogen and oxygen atoms in total. The Balaban J connectivity index is 1.70. The zero-order valence-electron chi connectivity index (χ0n) is 15.1. The van der Waals surface area contributed by atoms with Gasteiger partial charge in [0.2, 0.25) is 5.91 Å². The molecule has 0 saturated heterocycles. The zero-order valence-corrected chi connectivity index (χ0v) is 16.7. The molecule has 0 saturated carbocycles. The molecule has 0 radical (unpaired) electrons. The standard InChI is InChI=1S/C21H15Cl2N5O/c1-2-20(29)27-14-6-7-17-18(9-14)28(12-25-17)19-11-24-10-15(26-19)8-13-4-3-5-16(22)21(13)23/h2-7,9-12H,1,8H2,(H,27,29). The quantitative estimate of drug-likeness (QED) is 0.466. The van der Waals surface area contributed by atoms with E-state index in [1.54, 1.807) is 30.9 Å². The molecule has 0 bridgehead atoms. The second-order valence-electron chi connectivity index (χ2n) is 6.27. The van der Waals surface area contributed by atoms with Crippen molar-refractivity contribution in [3.8, 4) is 5.82 Å². The lowest BCUT2D eigenvalue weighted by Gasteiger charge is -2.08. The highest BCUT2D eigenvalue weighted by molar-refractivity contribution is 6.42. The predicted molar refractivity (Wildman–Crippen MR) is 115 cm³/mol. The molecule has 8 heteroatoms. The van der Waals surface area contributed by atoms with Gasteiger partial charge in [0.05, 0.1) is 33.0 Å². The number of halogens is 2. The molecule has 144 valence electrons. The Bertz CT molecular complexity index is 1230. The van der Waals surface area contributed by atoms with Gasteiger partial charge in [-0.15, -0.1) is 0 Å². The molecule has 4 aromatic rings. The van der Waals surface area contributed by atoms with Gasteiger partial charge in [0.1, 0.15) is 6.33 Å². The number of imidazole rings is 1. The fraction of sp³-hybridized carbons (Fsp3) is 0.0476. The van der Waals surface area contributed by atoms with Crippen LogP contribution in [0, 0.1) is 0 Å². The molecule has 1 N–H and O–H groups in total. The number of amides is 1. The number of carbonyl (C=O) groups excluding carboxylic acids is 1. The third-order valence-corrected chi connectivity index (χ3v) is 5.18. The molecule has 2 aromatic carbocycles. The lowest BCUT2D eigenvalue weighted by atomic mass is 10.1.